The zero-order valence-corrected chi connectivity index (χ0v) is 15.5. The van der Waals surface area contributed by atoms with Gasteiger partial charge in [-0.2, -0.15) is 5.10 Å². The highest BCUT2D eigenvalue weighted by atomic mass is 19.1. The van der Waals surface area contributed by atoms with E-state index in [4.69, 9.17) is 0 Å². The zero-order chi connectivity index (χ0) is 20.5. The number of aromatic nitrogens is 3. The van der Waals surface area contributed by atoms with E-state index in [1.54, 1.807) is 31.4 Å². The van der Waals surface area contributed by atoms with Crippen LogP contribution in [0, 0.1) is 17.5 Å². The molecule has 0 spiro atoms. The predicted octanol–water partition coefficient (Wildman–Crippen LogP) is 3.96. The van der Waals surface area contributed by atoms with Crippen LogP contribution in [0.25, 0.3) is 22.2 Å². The molecule has 0 atom stereocenters. The maximum Gasteiger partial charge on any atom is 0.271 e. The summed E-state index contributed by atoms with van der Waals surface area (Å²) < 4.78 is 42.9. The minimum Gasteiger partial charge on any atom is -0.352 e. The number of nitrogens with one attached hydrogen (secondary N) is 2. The van der Waals surface area contributed by atoms with Crippen molar-refractivity contribution in [1.29, 1.82) is 0 Å². The Morgan fingerprint density at radius 3 is 2.55 bits per heavy atom. The summed E-state index contributed by atoms with van der Waals surface area (Å²) in [5, 5.41) is 7.18. The number of carbonyl (C=O) groups is 1. The third-order valence-corrected chi connectivity index (χ3v) is 4.67. The highest BCUT2D eigenvalue weighted by Crippen LogP contribution is 2.32. The Kier molecular flexibility index (Phi) is 4.84. The molecule has 29 heavy (non-hydrogen) atoms. The fraction of sp³-hybridized carbons (Fsp3) is 0.143. The number of hydrogen-bond acceptors (Lipinski definition) is 2. The van der Waals surface area contributed by atoms with Gasteiger partial charge in [-0.05, 0) is 53.9 Å². The summed E-state index contributed by atoms with van der Waals surface area (Å²) in [5.74, 6) is -2.15. The van der Waals surface area contributed by atoms with Crippen LogP contribution in [0.15, 0.2) is 48.7 Å². The number of rotatable bonds is 5. The van der Waals surface area contributed by atoms with Crippen LogP contribution in [-0.4, -0.2) is 27.2 Å². The van der Waals surface area contributed by atoms with Crippen molar-refractivity contribution in [3.8, 4) is 11.3 Å². The van der Waals surface area contributed by atoms with Crippen molar-refractivity contribution in [2.24, 2.45) is 7.05 Å². The molecule has 0 saturated carbocycles. The molecule has 2 heterocycles. The molecular weight excluding hydrogens is 381 g/mol. The van der Waals surface area contributed by atoms with Gasteiger partial charge in [-0.25, -0.2) is 13.2 Å². The van der Waals surface area contributed by atoms with Crippen LogP contribution in [0.2, 0.25) is 0 Å². The molecule has 5 nitrogen and oxygen atoms in total. The fourth-order valence-electron chi connectivity index (χ4n) is 3.32. The molecule has 0 radical (unpaired) electrons. The number of aromatic amines is 1. The summed E-state index contributed by atoms with van der Waals surface area (Å²) >= 11 is 0. The largest absolute Gasteiger partial charge is 0.352 e. The summed E-state index contributed by atoms with van der Waals surface area (Å²) in [7, 11) is 1.71. The molecule has 4 aromatic rings. The van der Waals surface area contributed by atoms with Gasteiger partial charge in [0.05, 0.1) is 5.52 Å². The molecule has 0 bridgehead atoms. The Morgan fingerprint density at radius 1 is 1.10 bits per heavy atom. The highest BCUT2D eigenvalue weighted by molar-refractivity contribution is 5.93. The lowest BCUT2D eigenvalue weighted by atomic mass is 10.0. The first-order chi connectivity index (χ1) is 13.9. The lowest BCUT2D eigenvalue weighted by Crippen LogP contribution is -2.26. The van der Waals surface area contributed by atoms with Crippen LogP contribution in [-0.2, 0) is 13.5 Å². The topological polar surface area (TPSA) is 62.7 Å². The predicted molar refractivity (Wildman–Crippen MR) is 103 cm³/mol. The first-order valence-electron chi connectivity index (χ1n) is 8.96. The summed E-state index contributed by atoms with van der Waals surface area (Å²) in [4.78, 5) is 15.2. The molecule has 4 rings (SSSR count). The van der Waals surface area contributed by atoms with Gasteiger partial charge >= 0.3 is 0 Å². The second-order valence-electron chi connectivity index (χ2n) is 6.68. The van der Waals surface area contributed by atoms with E-state index in [-0.39, 0.29) is 23.7 Å². The molecule has 2 N–H and O–H groups in total. The summed E-state index contributed by atoms with van der Waals surface area (Å²) in [6.45, 7) is 0.231. The van der Waals surface area contributed by atoms with Crippen LogP contribution in [0.1, 0.15) is 16.1 Å². The van der Waals surface area contributed by atoms with E-state index in [0.717, 1.165) is 6.07 Å². The summed E-state index contributed by atoms with van der Waals surface area (Å²) in [6, 6.07) is 9.36. The Hall–Kier alpha value is -3.55. The first kappa shape index (κ1) is 18.8. The van der Waals surface area contributed by atoms with Gasteiger partial charge < -0.3 is 10.3 Å². The Morgan fingerprint density at radius 2 is 1.86 bits per heavy atom. The molecule has 0 fully saturated rings. The molecule has 0 aliphatic heterocycles. The lowest BCUT2D eigenvalue weighted by Gasteiger charge is -2.07. The summed E-state index contributed by atoms with van der Waals surface area (Å²) in [6.07, 6.45) is 1.97. The van der Waals surface area contributed by atoms with E-state index in [9.17, 15) is 18.0 Å². The van der Waals surface area contributed by atoms with E-state index in [1.165, 1.54) is 22.9 Å². The molecule has 8 heteroatoms. The second kappa shape index (κ2) is 7.46. The van der Waals surface area contributed by atoms with Gasteiger partial charge in [-0.15, -0.1) is 0 Å². The number of fused-ring (bicyclic) bond motifs is 1. The van der Waals surface area contributed by atoms with Crippen molar-refractivity contribution in [2.45, 2.75) is 6.42 Å². The minimum atomic E-state index is -0.716. The number of amides is 1. The molecular formula is C21H17F3N4O. The van der Waals surface area contributed by atoms with Crippen LogP contribution >= 0.6 is 0 Å². The van der Waals surface area contributed by atoms with Crippen LogP contribution in [0.5, 0.6) is 0 Å². The normalized spacial score (nSPS) is 11.2. The average Bonchev–Trinajstić information content (AvgIpc) is 3.27. The Labute approximate surface area is 164 Å². The average molecular weight is 398 g/mol. The number of carbonyl (C=O) groups excluding carboxylic acids is 1. The monoisotopic (exact) mass is 398 g/mol. The molecule has 0 unspecified atom stereocenters. The van der Waals surface area contributed by atoms with Crippen molar-refractivity contribution in [3.05, 3.63) is 77.4 Å². The van der Waals surface area contributed by atoms with Crippen molar-refractivity contribution in [3.63, 3.8) is 0 Å². The van der Waals surface area contributed by atoms with Gasteiger partial charge in [0.1, 0.15) is 23.1 Å². The van der Waals surface area contributed by atoms with Gasteiger partial charge in [-0.3, -0.25) is 9.48 Å². The van der Waals surface area contributed by atoms with E-state index in [0.29, 0.717) is 28.6 Å². The maximum absolute atomic E-state index is 14.3. The van der Waals surface area contributed by atoms with Crippen molar-refractivity contribution < 1.29 is 18.0 Å². The van der Waals surface area contributed by atoms with Gasteiger partial charge in [0.25, 0.3) is 5.91 Å². The van der Waals surface area contributed by atoms with Gasteiger partial charge in [-0.1, -0.05) is 0 Å². The molecule has 1 amide bonds. The third-order valence-electron chi connectivity index (χ3n) is 4.67. The van der Waals surface area contributed by atoms with Crippen molar-refractivity contribution in [1.82, 2.24) is 20.1 Å². The van der Waals surface area contributed by atoms with Crippen molar-refractivity contribution >= 4 is 16.8 Å². The van der Waals surface area contributed by atoms with E-state index < -0.39 is 17.5 Å². The molecule has 2 aromatic carbocycles. The standard InChI is InChI=1S/C21H17F3N4O/c1-28-9-7-18(27-28)21(29)25-8-6-15-16-10-14(23)11-17(24)20(16)26-19(15)12-2-4-13(22)5-3-12/h2-5,7,9-11,26H,6,8H2,1H3,(H,25,29). The fourth-order valence-corrected chi connectivity index (χ4v) is 3.32. The molecule has 0 aliphatic rings. The van der Waals surface area contributed by atoms with Crippen LogP contribution in [0.4, 0.5) is 13.2 Å². The Bertz CT molecular complexity index is 1190. The van der Waals surface area contributed by atoms with Crippen molar-refractivity contribution in [2.75, 3.05) is 6.54 Å². The number of aryl methyl sites for hydroxylation is 1. The molecule has 0 saturated heterocycles. The SMILES string of the molecule is Cn1ccc(C(=O)NCCc2c(-c3ccc(F)cc3)[nH]c3c(F)cc(F)cc23)n1. The third kappa shape index (κ3) is 3.73. The lowest BCUT2D eigenvalue weighted by molar-refractivity contribution is 0.0948. The second-order valence-corrected chi connectivity index (χ2v) is 6.68. The van der Waals surface area contributed by atoms with Gasteiger partial charge in [0.2, 0.25) is 0 Å². The van der Waals surface area contributed by atoms with Gasteiger partial charge in [0, 0.05) is 36.9 Å². The molecule has 0 aliphatic carbocycles. The number of nitrogens with zero attached hydrogens (tertiary/aromatic N) is 2. The number of benzene rings is 2. The Balaban J connectivity index is 1.66. The van der Waals surface area contributed by atoms with E-state index in [2.05, 4.69) is 15.4 Å². The summed E-state index contributed by atoms with van der Waals surface area (Å²) in [5.41, 5.74) is 2.26. The molecule has 2 aromatic heterocycles. The number of halogens is 3. The van der Waals surface area contributed by atoms with Gasteiger partial charge in [0.15, 0.2) is 0 Å². The van der Waals surface area contributed by atoms with Crippen LogP contribution < -0.4 is 5.32 Å². The quantitative estimate of drug-likeness (QED) is 0.535. The maximum atomic E-state index is 14.3. The smallest absolute Gasteiger partial charge is 0.271 e. The number of hydrogen-bond donors (Lipinski definition) is 2. The number of H-pyrrole nitrogens is 1. The highest BCUT2D eigenvalue weighted by Gasteiger charge is 2.18. The first-order valence-corrected chi connectivity index (χ1v) is 8.96. The minimum absolute atomic E-state index is 0.164. The molecule has 148 valence electrons. The van der Waals surface area contributed by atoms with E-state index in [1.807, 2.05) is 0 Å². The van der Waals surface area contributed by atoms with Crippen LogP contribution in [0.3, 0.4) is 0 Å². The van der Waals surface area contributed by atoms with E-state index >= 15 is 0 Å². The zero-order valence-electron chi connectivity index (χ0n) is 15.5.